The molecule has 1 aliphatic rings. The molecule has 0 radical (unpaired) electrons. The number of hydrogen-bond acceptors (Lipinski definition) is 3. The standard InChI is InChI=1S/C25H27N5O/c31-25(7-6-19-4-2-1-3-5-19)29-11-8-20(9-12-29)18-30-13-10-21-14-23(26-17-24(21)30)22-15-27-28-16-22/h1-5,10,13-17,20H,6-9,11-12,18H2,(H,27,28). The van der Waals surface area contributed by atoms with Crippen molar-refractivity contribution >= 4 is 16.8 Å². The quantitative estimate of drug-likeness (QED) is 0.513. The van der Waals surface area contributed by atoms with Crippen LogP contribution in [-0.4, -0.2) is 43.6 Å². The molecule has 0 atom stereocenters. The zero-order valence-electron chi connectivity index (χ0n) is 17.6. The molecule has 1 N–H and O–H groups in total. The Balaban J connectivity index is 1.16. The minimum absolute atomic E-state index is 0.282. The number of fused-ring (bicyclic) bond motifs is 1. The molecule has 3 aromatic heterocycles. The topological polar surface area (TPSA) is 66.8 Å². The molecule has 1 amide bonds. The number of amides is 1. The third kappa shape index (κ3) is 4.38. The Bertz CT molecular complexity index is 1140. The van der Waals surface area contributed by atoms with E-state index in [1.807, 2.05) is 35.5 Å². The molecule has 5 rings (SSSR count). The second kappa shape index (κ2) is 8.76. The van der Waals surface area contributed by atoms with E-state index in [1.165, 1.54) is 10.9 Å². The van der Waals surface area contributed by atoms with Crippen LogP contribution in [0.15, 0.2) is 67.3 Å². The summed E-state index contributed by atoms with van der Waals surface area (Å²) >= 11 is 0. The molecule has 0 unspecified atom stereocenters. The van der Waals surface area contributed by atoms with Gasteiger partial charge < -0.3 is 9.47 Å². The number of carbonyl (C=O) groups is 1. The van der Waals surface area contributed by atoms with Gasteiger partial charge in [0.2, 0.25) is 5.91 Å². The lowest BCUT2D eigenvalue weighted by atomic mass is 9.96. The number of piperidine rings is 1. The molecule has 0 saturated carbocycles. The molecule has 0 spiro atoms. The van der Waals surface area contributed by atoms with Crippen LogP contribution in [0.1, 0.15) is 24.8 Å². The van der Waals surface area contributed by atoms with Crippen molar-refractivity contribution in [2.24, 2.45) is 5.92 Å². The van der Waals surface area contributed by atoms with E-state index in [2.05, 4.69) is 50.2 Å². The number of hydrogen-bond donors (Lipinski definition) is 1. The van der Waals surface area contributed by atoms with Crippen molar-refractivity contribution in [1.82, 2.24) is 24.6 Å². The molecule has 1 saturated heterocycles. The number of pyridine rings is 1. The van der Waals surface area contributed by atoms with Gasteiger partial charge in [-0.2, -0.15) is 5.10 Å². The van der Waals surface area contributed by atoms with Gasteiger partial charge in [0.1, 0.15) is 0 Å². The summed E-state index contributed by atoms with van der Waals surface area (Å²) in [5.74, 6) is 0.868. The van der Waals surface area contributed by atoms with Crippen LogP contribution in [-0.2, 0) is 17.8 Å². The Kier molecular flexibility index (Phi) is 5.52. The SMILES string of the molecule is O=C(CCc1ccccc1)N1CCC(Cn2ccc3cc(-c4cn[nH]c4)ncc32)CC1. The zero-order chi connectivity index (χ0) is 21.0. The van der Waals surface area contributed by atoms with Crippen molar-refractivity contribution in [2.45, 2.75) is 32.2 Å². The lowest BCUT2D eigenvalue weighted by molar-refractivity contribution is -0.132. The number of rotatable bonds is 6. The predicted molar refractivity (Wildman–Crippen MR) is 121 cm³/mol. The van der Waals surface area contributed by atoms with Crippen molar-refractivity contribution in [3.63, 3.8) is 0 Å². The van der Waals surface area contributed by atoms with E-state index in [0.717, 1.165) is 55.7 Å². The number of aromatic amines is 1. The molecule has 31 heavy (non-hydrogen) atoms. The molecular weight excluding hydrogens is 386 g/mol. The van der Waals surface area contributed by atoms with Gasteiger partial charge in [-0.3, -0.25) is 14.9 Å². The first-order valence-corrected chi connectivity index (χ1v) is 11.0. The van der Waals surface area contributed by atoms with Gasteiger partial charge in [0.25, 0.3) is 0 Å². The van der Waals surface area contributed by atoms with E-state index in [4.69, 9.17) is 0 Å². The molecular formula is C25H27N5O. The van der Waals surface area contributed by atoms with Crippen molar-refractivity contribution in [3.8, 4) is 11.3 Å². The van der Waals surface area contributed by atoms with E-state index in [1.54, 1.807) is 6.20 Å². The second-order valence-corrected chi connectivity index (χ2v) is 8.39. The van der Waals surface area contributed by atoms with Crippen LogP contribution < -0.4 is 0 Å². The summed E-state index contributed by atoms with van der Waals surface area (Å²) in [6.07, 6.45) is 11.3. The Hall–Kier alpha value is -3.41. The zero-order valence-corrected chi connectivity index (χ0v) is 17.6. The highest BCUT2D eigenvalue weighted by atomic mass is 16.2. The molecule has 0 aliphatic carbocycles. The monoisotopic (exact) mass is 413 g/mol. The van der Waals surface area contributed by atoms with E-state index >= 15 is 0 Å². The van der Waals surface area contributed by atoms with Crippen LogP contribution in [0.2, 0.25) is 0 Å². The first-order chi connectivity index (χ1) is 15.3. The maximum Gasteiger partial charge on any atom is 0.222 e. The number of H-pyrrole nitrogens is 1. The Morgan fingerprint density at radius 2 is 1.94 bits per heavy atom. The Labute approximate surface area is 181 Å². The first-order valence-electron chi connectivity index (χ1n) is 11.0. The van der Waals surface area contributed by atoms with Crippen LogP contribution >= 0.6 is 0 Å². The molecule has 1 fully saturated rings. The lowest BCUT2D eigenvalue weighted by Crippen LogP contribution is -2.39. The number of nitrogens with one attached hydrogen (secondary N) is 1. The number of carbonyl (C=O) groups excluding carboxylic acids is 1. The van der Waals surface area contributed by atoms with Gasteiger partial charge in [0, 0.05) is 49.4 Å². The normalized spacial score (nSPS) is 14.9. The lowest BCUT2D eigenvalue weighted by Gasteiger charge is -2.32. The maximum absolute atomic E-state index is 12.6. The average molecular weight is 414 g/mol. The van der Waals surface area contributed by atoms with Gasteiger partial charge in [0.05, 0.1) is 23.6 Å². The van der Waals surface area contributed by atoms with Crippen LogP contribution in [0.25, 0.3) is 22.2 Å². The third-order valence-electron chi connectivity index (χ3n) is 6.34. The number of aromatic nitrogens is 4. The summed E-state index contributed by atoms with van der Waals surface area (Å²) in [6, 6.07) is 14.5. The van der Waals surface area contributed by atoms with Crippen molar-refractivity contribution in [1.29, 1.82) is 0 Å². The van der Waals surface area contributed by atoms with E-state index < -0.39 is 0 Å². The summed E-state index contributed by atoms with van der Waals surface area (Å²) in [6.45, 7) is 2.70. The van der Waals surface area contributed by atoms with Gasteiger partial charge in [-0.1, -0.05) is 30.3 Å². The highest BCUT2D eigenvalue weighted by Crippen LogP contribution is 2.25. The van der Waals surface area contributed by atoms with E-state index in [0.29, 0.717) is 12.3 Å². The highest BCUT2D eigenvalue weighted by Gasteiger charge is 2.23. The molecule has 6 nitrogen and oxygen atoms in total. The third-order valence-corrected chi connectivity index (χ3v) is 6.34. The number of aryl methyl sites for hydroxylation is 1. The molecule has 158 valence electrons. The van der Waals surface area contributed by atoms with E-state index in [-0.39, 0.29) is 5.91 Å². The molecule has 1 aromatic carbocycles. The summed E-state index contributed by atoms with van der Waals surface area (Å²) in [4.78, 5) is 19.3. The van der Waals surface area contributed by atoms with Crippen LogP contribution in [0.3, 0.4) is 0 Å². The van der Waals surface area contributed by atoms with Gasteiger partial charge in [0.15, 0.2) is 0 Å². The highest BCUT2D eigenvalue weighted by molar-refractivity contribution is 5.83. The van der Waals surface area contributed by atoms with Gasteiger partial charge in [-0.25, -0.2) is 0 Å². The molecule has 4 aromatic rings. The average Bonchev–Trinajstić information content (AvgIpc) is 3.49. The van der Waals surface area contributed by atoms with Crippen molar-refractivity contribution in [3.05, 3.63) is 72.8 Å². The smallest absolute Gasteiger partial charge is 0.222 e. The molecule has 4 heterocycles. The molecule has 0 bridgehead atoms. The van der Waals surface area contributed by atoms with E-state index in [9.17, 15) is 4.79 Å². The summed E-state index contributed by atoms with van der Waals surface area (Å²) in [5.41, 5.74) is 4.32. The minimum atomic E-state index is 0.282. The summed E-state index contributed by atoms with van der Waals surface area (Å²) in [7, 11) is 0. The van der Waals surface area contributed by atoms with Gasteiger partial charge in [-0.15, -0.1) is 0 Å². The fraction of sp³-hybridized carbons (Fsp3) is 0.320. The summed E-state index contributed by atoms with van der Waals surface area (Å²) in [5, 5.41) is 8.04. The first kappa shape index (κ1) is 19.5. The van der Waals surface area contributed by atoms with Crippen LogP contribution in [0.4, 0.5) is 0 Å². The fourth-order valence-electron chi connectivity index (χ4n) is 4.49. The fourth-order valence-corrected chi connectivity index (χ4v) is 4.49. The maximum atomic E-state index is 12.6. The molecule has 1 aliphatic heterocycles. The Morgan fingerprint density at radius 1 is 1.10 bits per heavy atom. The number of benzene rings is 1. The van der Waals surface area contributed by atoms with Crippen LogP contribution in [0.5, 0.6) is 0 Å². The minimum Gasteiger partial charge on any atom is -0.346 e. The van der Waals surface area contributed by atoms with Gasteiger partial charge >= 0.3 is 0 Å². The van der Waals surface area contributed by atoms with Crippen LogP contribution in [0, 0.1) is 5.92 Å². The van der Waals surface area contributed by atoms with Crippen molar-refractivity contribution < 1.29 is 4.79 Å². The van der Waals surface area contributed by atoms with Crippen molar-refractivity contribution in [2.75, 3.05) is 13.1 Å². The predicted octanol–water partition coefficient (Wildman–Crippen LogP) is 4.30. The van der Waals surface area contributed by atoms with Gasteiger partial charge in [-0.05, 0) is 42.9 Å². The molecule has 6 heteroatoms. The largest absolute Gasteiger partial charge is 0.346 e. The second-order valence-electron chi connectivity index (χ2n) is 8.39. The Morgan fingerprint density at radius 3 is 2.71 bits per heavy atom. The number of nitrogens with zero attached hydrogens (tertiary/aromatic N) is 4. The number of likely N-dealkylation sites (tertiary alicyclic amines) is 1. The summed E-state index contributed by atoms with van der Waals surface area (Å²) < 4.78 is 2.30.